The molecule has 0 saturated carbocycles. The highest BCUT2D eigenvalue weighted by atomic mass is 19.3. The second-order valence-electron chi connectivity index (χ2n) is 5.34. The summed E-state index contributed by atoms with van der Waals surface area (Å²) in [6.07, 6.45) is -2.41. The smallest absolute Gasteiger partial charge is 0.320 e. The van der Waals surface area contributed by atoms with Crippen molar-refractivity contribution in [2.75, 3.05) is 6.61 Å². The molecule has 2 aromatic rings. The molecule has 0 unspecified atom stereocenters. The Hall–Kier alpha value is -2.17. The van der Waals surface area contributed by atoms with Crippen molar-refractivity contribution in [3.63, 3.8) is 0 Å². The van der Waals surface area contributed by atoms with Gasteiger partial charge in [0.2, 0.25) is 6.23 Å². The first-order chi connectivity index (χ1) is 10.8. The number of H-pyrrole nitrogens is 1. The summed E-state index contributed by atoms with van der Waals surface area (Å²) >= 11 is 0. The zero-order valence-corrected chi connectivity index (χ0v) is 12.0. The molecule has 0 bridgehead atoms. The molecule has 23 heavy (non-hydrogen) atoms. The number of ether oxygens (including phenoxy) is 1. The number of imidazole rings is 1. The lowest BCUT2D eigenvalue weighted by atomic mass is 9.96. The average Bonchev–Trinajstić information content (AvgIpc) is 2.99. The van der Waals surface area contributed by atoms with Crippen LogP contribution in [0.4, 0.5) is 8.78 Å². The zero-order valence-electron chi connectivity index (χ0n) is 12.0. The number of nitrogens with one attached hydrogen (secondary N) is 1. The van der Waals surface area contributed by atoms with E-state index in [2.05, 4.69) is 21.5 Å². The van der Waals surface area contributed by atoms with Crippen molar-refractivity contribution in [2.45, 2.75) is 30.8 Å². The minimum Gasteiger partial charge on any atom is -0.393 e. The fourth-order valence-corrected chi connectivity index (χ4v) is 2.61. The van der Waals surface area contributed by atoms with E-state index in [1.54, 1.807) is 0 Å². The van der Waals surface area contributed by atoms with Crippen LogP contribution in [-0.2, 0) is 4.74 Å². The van der Waals surface area contributed by atoms with Crippen molar-refractivity contribution in [3.8, 4) is 0 Å². The lowest BCUT2D eigenvalue weighted by Gasteiger charge is -2.25. The molecule has 3 N–H and O–H groups in total. The third kappa shape index (κ3) is 2.02. The molecule has 10 heteroatoms. The first-order valence-electron chi connectivity index (χ1n) is 6.68. The predicted octanol–water partition coefficient (Wildman–Crippen LogP) is -0.130. The second kappa shape index (κ2) is 4.91. The Kier molecular flexibility index (Phi) is 3.36. The molecule has 3 atom stereocenters. The van der Waals surface area contributed by atoms with Gasteiger partial charge in [0, 0.05) is 0 Å². The summed E-state index contributed by atoms with van der Waals surface area (Å²) in [5, 5.41) is 19.2. The maximum atomic E-state index is 14.5. The summed E-state index contributed by atoms with van der Waals surface area (Å²) in [5.41, 5.74) is -2.85. The van der Waals surface area contributed by atoms with Gasteiger partial charge < -0.3 is 19.9 Å². The van der Waals surface area contributed by atoms with Crippen molar-refractivity contribution < 1.29 is 23.7 Å². The van der Waals surface area contributed by atoms with Crippen LogP contribution in [0.2, 0.25) is 0 Å². The summed E-state index contributed by atoms with van der Waals surface area (Å²) in [6, 6.07) is 0. The molecule has 3 heterocycles. The highest BCUT2D eigenvalue weighted by molar-refractivity contribution is 5.69. The number of aliphatic hydroxyl groups excluding tert-OH is 2. The molecule has 1 saturated heterocycles. The van der Waals surface area contributed by atoms with Gasteiger partial charge in [-0.2, -0.15) is 8.78 Å². The van der Waals surface area contributed by atoms with E-state index in [4.69, 9.17) is 4.74 Å². The Balaban J connectivity index is 2.19. The molecular formula is C13H14F2N4O4. The Morgan fingerprint density at radius 1 is 1.61 bits per heavy atom. The van der Waals surface area contributed by atoms with Crippen molar-refractivity contribution in [1.29, 1.82) is 0 Å². The normalized spacial score (nSPS) is 30.0. The maximum absolute atomic E-state index is 14.5. The summed E-state index contributed by atoms with van der Waals surface area (Å²) in [4.78, 5) is 22.0. The quantitative estimate of drug-likeness (QED) is 0.677. The van der Waals surface area contributed by atoms with Crippen LogP contribution in [0.1, 0.15) is 12.1 Å². The van der Waals surface area contributed by atoms with Crippen LogP contribution in [0.15, 0.2) is 23.8 Å². The van der Waals surface area contributed by atoms with Crippen molar-refractivity contribution in [3.05, 3.63) is 35.2 Å². The van der Waals surface area contributed by atoms with Gasteiger partial charge in [-0.3, -0.25) is 9.36 Å². The molecule has 1 fully saturated rings. The third-order valence-electron chi connectivity index (χ3n) is 3.88. The second-order valence-corrected chi connectivity index (χ2v) is 5.34. The first kappa shape index (κ1) is 15.7. The maximum Gasteiger partial charge on any atom is 0.320 e. The van der Waals surface area contributed by atoms with E-state index in [0.717, 1.165) is 17.0 Å². The number of aromatic nitrogens is 4. The third-order valence-corrected chi connectivity index (χ3v) is 3.88. The minimum atomic E-state index is -3.76. The topological polar surface area (TPSA) is 113 Å². The number of aryl methyl sites for hydroxylation is 1. The predicted molar refractivity (Wildman–Crippen MR) is 74.0 cm³/mol. The number of halogens is 2. The van der Waals surface area contributed by atoms with Gasteiger partial charge >= 0.3 is 5.92 Å². The molecule has 2 aromatic heterocycles. The molecule has 0 aliphatic carbocycles. The van der Waals surface area contributed by atoms with Crippen LogP contribution in [-0.4, -0.2) is 54.0 Å². The van der Waals surface area contributed by atoms with E-state index in [0.29, 0.717) is 0 Å². The lowest BCUT2D eigenvalue weighted by molar-refractivity contribution is -0.139. The van der Waals surface area contributed by atoms with E-state index >= 15 is 0 Å². The number of aromatic amines is 1. The molecular weight excluding hydrogens is 314 g/mol. The Morgan fingerprint density at radius 2 is 2.30 bits per heavy atom. The van der Waals surface area contributed by atoms with Gasteiger partial charge in [-0.05, 0) is 6.92 Å². The van der Waals surface area contributed by atoms with Gasteiger partial charge in [0.25, 0.3) is 5.56 Å². The Morgan fingerprint density at radius 3 is 2.87 bits per heavy atom. The van der Waals surface area contributed by atoms with Gasteiger partial charge in [0.1, 0.15) is 11.4 Å². The monoisotopic (exact) mass is 328 g/mol. The van der Waals surface area contributed by atoms with Crippen molar-refractivity contribution >= 4 is 11.2 Å². The van der Waals surface area contributed by atoms with Gasteiger partial charge in [-0.1, -0.05) is 6.08 Å². The zero-order chi connectivity index (χ0) is 17.0. The molecule has 0 radical (unpaired) electrons. The van der Waals surface area contributed by atoms with Crippen LogP contribution >= 0.6 is 0 Å². The number of rotatable bonds is 3. The van der Waals surface area contributed by atoms with Crippen LogP contribution in [0.5, 0.6) is 0 Å². The fourth-order valence-electron chi connectivity index (χ4n) is 2.61. The molecule has 1 aliphatic heterocycles. The van der Waals surface area contributed by atoms with E-state index in [1.165, 1.54) is 6.92 Å². The molecule has 3 rings (SSSR count). The SMILES string of the molecule is C=C[C@]1(CO)O[C@@H](n2cnc3c(=O)[nH]c(C)nc32)C(F)(F)[C@@H]1O. The van der Waals surface area contributed by atoms with Gasteiger partial charge in [0.15, 0.2) is 17.3 Å². The van der Waals surface area contributed by atoms with Crippen molar-refractivity contribution in [2.24, 2.45) is 0 Å². The molecule has 8 nitrogen and oxygen atoms in total. The highest BCUT2D eigenvalue weighted by Gasteiger charge is 2.65. The van der Waals surface area contributed by atoms with E-state index < -0.39 is 36.0 Å². The van der Waals surface area contributed by atoms with E-state index in [9.17, 15) is 23.8 Å². The van der Waals surface area contributed by atoms with Gasteiger partial charge in [-0.15, -0.1) is 6.58 Å². The number of aliphatic hydroxyl groups is 2. The molecule has 1 aliphatic rings. The van der Waals surface area contributed by atoms with E-state index in [1.807, 2.05) is 0 Å². The van der Waals surface area contributed by atoms with Gasteiger partial charge in [0.05, 0.1) is 12.9 Å². The largest absolute Gasteiger partial charge is 0.393 e. The molecule has 0 aromatic carbocycles. The highest BCUT2D eigenvalue weighted by Crippen LogP contribution is 2.48. The summed E-state index contributed by atoms with van der Waals surface area (Å²) in [7, 11) is 0. The number of nitrogens with zero attached hydrogens (tertiary/aromatic N) is 3. The molecule has 124 valence electrons. The number of hydrogen-bond acceptors (Lipinski definition) is 6. The Labute approximate surface area is 128 Å². The van der Waals surface area contributed by atoms with Crippen LogP contribution in [0, 0.1) is 6.92 Å². The first-order valence-corrected chi connectivity index (χ1v) is 6.68. The summed E-state index contributed by atoms with van der Waals surface area (Å²) < 4.78 is 35.0. The number of alkyl halides is 2. The molecule has 0 amide bonds. The van der Waals surface area contributed by atoms with Crippen LogP contribution < -0.4 is 5.56 Å². The average molecular weight is 328 g/mol. The summed E-state index contributed by atoms with van der Waals surface area (Å²) in [5.74, 6) is -3.55. The van der Waals surface area contributed by atoms with Crippen LogP contribution in [0.25, 0.3) is 11.2 Å². The minimum absolute atomic E-state index is 0.110. The number of fused-ring (bicyclic) bond motifs is 1. The van der Waals surface area contributed by atoms with Crippen molar-refractivity contribution in [1.82, 2.24) is 19.5 Å². The standard InChI is InChI=1S/C13H14F2N4O4/c1-3-12(4-20)10(22)13(14,15)11(23-12)19-5-16-7-8(19)17-6(2)18-9(7)21/h3,5,10-11,20,22H,1,4H2,2H3,(H,17,18,21)/t10-,11-,12-/m1/s1. The van der Waals surface area contributed by atoms with E-state index in [-0.39, 0.29) is 17.0 Å². The van der Waals surface area contributed by atoms with Gasteiger partial charge in [-0.25, -0.2) is 9.97 Å². The molecule has 0 spiro atoms. The Bertz CT molecular complexity index is 833. The lowest BCUT2D eigenvalue weighted by Crippen LogP contribution is -2.47. The summed E-state index contributed by atoms with van der Waals surface area (Å²) in [6.45, 7) is 3.94. The number of hydrogen-bond donors (Lipinski definition) is 3. The fraction of sp³-hybridized carbons (Fsp3) is 0.462. The van der Waals surface area contributed by atoms with Crippen LogP contribution in [0.3, 0.4) is 0 Å².